The van der Waals surface area contributed by atoms with Crippen LogP contribution in [0.5, 0.6) is 11.5 Å². The van der Waals surface area contributed by atoms with E-state index in [9.17, 15) is 13.2 Å². The molecule has 0 saturated heterocycles. The summed E-state index contributed by atoms with van der Waals surface area (Å²) in [5.41, 5.74) is 2.18. The predicted molar refractivity (Wildman–Crippen MR) is 139 cm³/mol. The molecule has 1 heterocycles. The van der Waals surface area contributed by atoms with E-state index in [1.807, 2.05) is 48.5 Å². The van der Waals surface area contributed by atoms with E-state index in [0.717, 1.165) is 34.9 Å². The summed E-state index contributed by atoms with van der Waals surface area (Å²) < 4.78 is 44.9. The Hall–Kier alpha value is -4.17. The Morgan fingerprint density at radius 1 is 0.838 bits per heavy atom. The first-order valence-corrected chi connectivity index (χ1v) is 12.3. The fourth-order valence-electron chi connectivity index (χ4n) is 3.78. The average molecular weight is 517 g/mol. The maximum Gasteiger partial charge on any atom is 0.416 e. The molecule has 0 atom stereocenters. The number of halogens is 3. The van der Waals surface area contributed by atoms with Crippen LogP contribution in [0, 0.1) is 6.07 Å². The third kappa shape index (κ3) is 6.16. The molecule has 0 aliphatic rings. The Kier molecular flexibility index (Phi) is 7.18. The molecule has 5 rings (SSSR count). The molecule has 0 spiro atoms. The topological polar surface area (TPSA) is 38.3 Å². The summed E-state index contributed by atoms with van der Waals surface area (Å²) in [6.07, 6.45) is -3.61. The standard InChI is InChI=1S/C29H21F3N3OS/c30-29(31,32)23-12-8-16-26(20-23)36-25-15-7-11-22(19-25)27-33-34-28(37-27)35(24-13-5-2-6-14-24)18-17-21-9-3-1-4-10-21/h1-5,7-16,19-20H,17-18H2. The van der Waals surface area contributed by atoms with Crippen LogP contribution in [0.2, 0.25) is 0 Å². The number of nitrogens with zero attached hydrogens (tertiary/aromatic N) is 3. The first-order valence-electron chi connectivity index (χ1n) is 11.5. The monoisotopic (exact) mass is 516 g/mol. The zero-order valence-electron chi connectivity index (χ0n) is 19.5. The maximum absolute atomic E-state index is 13.1. The van der Waals surface area contributed by atoms with Gasteiger partial charge in [-0.2, -0.15) is 13.2 Å². The zero-order chi connectivity index (χ0) is 25.7. The van der Waals surface area contributed by atoms with Crippen molar-refractivity contribution in [1.82, 2.24) is 10.2 Å². The van der Waals surface area contributed by atoms with Crippen LogP contribution >= 0.6 is 11.3 Å². The molecule has 1 radical (unpaired) electrons. The number of hydrogen-bond donors (Lipinski definition) is 0. The Morgan fingerprint density at radius 2 is 1.62 bits per heavy atom. The van der Waals surface area contributed by atoms with Gasteiger partial charge in [0.1, 0.15) is 16.5 Å². The highest BCUT2D eigenvalue weighted by Gasteiger charge is 2.30. The number of hydrogen-bond acceptors (Lipinski definition) is 5. The number of aromatic nitrogens is 2. The van der Waals surface area contributed by atoms with Crippen LogP contribution < -0.4 is 9.64 Å². The molecule has 0 unspecified atom stereocenters. The molecule has 0 aliphatic heterocycles. The van der Waals surface area contributed by atoms with Crippen LogP contribution in [0.3, 0.4) is 0 Å². The molecule has 0 bridgehead atoms. The van der Waals surface area contributed by atoms with Crippen molar-refractivity contribution < 1.29 is 17.9 Å². The molecule has 0 fully saturated rings. The van der Waals surface area contributed by atoms with Crippen LogP contribution in [0.4, 0.5) is 24.0 Å². The van der Waals surface area contributed by atoms with Gasteiger partial charge < -0.3 is 9.64 Å². The van der Waals surface area contributed by atoms with Gasteiger partial charge in [-0.05, 0) is 60.5 Å². The maximum atomic E-state index is 13.1. The normalized spacial score (nSPS) is 11.3. The van der Waals surface area contributed by atoms with Crippen LogP contribution in [-0.2, 0) is 12.6 Å². The van der Waals surface area contributed by atoms with Gasteiger partial charge in [0.15, 0.2) is 0 Å². The summed E-state index contributed by atoms with van der Waals surface area (Å²) in [5, 5.41) is 10.2. The molecule has 37 heavy (non-hydrogen) atoms. The van der Waals surface area contributed by atoms with Gasteiger partial charge in [-0.3, -0.25) is 0 Å². The van der Waals surface area contributed by atoms with Gasteiger partial charge in [0.2, 0.25) is 5.13 Å². The van der Waals surface area contributed by atoms with Gasteiger partial charge in [0, 0.05) is 17.8 Å². The fraction of sp³-hybridized carbons (Fsp3) is 0.103. The molecule has 0 aliphatic carbocycles. The first kappa shape index (κ1) is 24.5. The van der Waals surface area contributed by atoms with Crippen LogP contribution in [0.1, 0.15) is 11.1 Å². The van der Waals surface area contributed by atoms with E-state index in [0.29, 0.717) is 17.3 Å². The summed E-state index contributed by atoms with van der Waals surface area (Å²) in [5.74, 6) is 0.518. The van der Waals surface area contributed by atoms with E-state index >= 15 is 0 Å². The van der Waals surface area contributed by atoms with Crippen LogP contribution in [-0.4, -0.2) is 16.7 Å². The minimum absolute atomic E-state index is 0.109. The van der Waals surface area contributed by atoms with Crippen molar-refractivity contribution in [2.24, 2.45) is 0 Å². The van der Waals surface area contributed by atoms with E-state index in [1.165, 1.54) is 29.0 Å². The first-order chi connectivity index (χ1) is 18.0. The van der Waals surface area contributed by atoms with Crippen LogP contribution in [0.25, 0.3) is 10.6 Å². The minimum atomic E-state index is -4.44. The lowest BCUT2D eigenvalue weighted by Crippen LogP contribution is -2.20. The largest absolute Gasteiger partial charge is 0.457 e. The van der Waals surface area contributed by atoms with Crippen molar-refractivity contribution in [2.75, 3.05) is 11.4 Å². The second kappa shape index (κ2) is 10.8. The second-order valence-corrected chi connectivity index (χ2v) is 9.15. The van der Waals surface area contributed by atoms with Gasteiger partial charge >= 0.3 is 6.18 Å². The van der Waals surface area contributed by atoms with Gasteiger partial charge in [-0.1, -0.05) is 72.0 Å². The quantitative estimate of drug-likeness (QED) is 0.208. The van der Waals surface area contributed by atoms with Gasteiger partial charge in [0.25, 0.3) is 0 Å². The molecule has 4 nitrogen and oxygen atoms in total. The van der Waals surface area contributed by atoms with Crippen molar-refractivity contribution in [1.29, 1.82) is 0 Å². The lowest BCUT2D eigenvalue weighted by atomic mass is 10.1. The van der Waals surface area contributed by atoms with Crippen LogP contribution in [0.15, 0.2) is 103 Å². The molecule has 4 aromatic carbocycles. The summed E-state index contributed by atoms with van der Waals surface area (Å²) in [7, 11) is 0. The molecule has 0 N–H and O–H groups in total. The Labute approximate surface area is 216 Å². The van der Waals surface area contributed by atoms with E-state index in [1.54, 1.807) is 18.2 Å². The third-order valence-corrected chi connectivity index (χ3v) is 6.59. The number of anilines is 2. The van der Waals surface area contributed by atoms with E-state index < -0.39 is 11.7 Å². The average Bonchev–Trinajstić information content (AvgIpc) is 3.40. The lowest BCUT2D eigenvalue weighted by Gasteiger charge is -2.21. The molecular weight excluding hydrogens is 495 g/mol. The van der Waals surface area contributed by atoms with Crippen molar-refractivity contribution in [3.05, 3.63) is 120 Å². The number of rotatable bonds is 8. The third-order valence-electron chi connectivity index (χ3n) is 5.59. The van der Waals surface area contributed by atoms with Gasteiger partial charge in [0.05, 0.1) is 5.56 Å². The summed E-state index contributed by atoms with van der Waals surface area (Å²) >= 11 is 1.43. The second-order valence-electron chi connectivity index (χ2n) is 8.19. The predicted octanol–water partition coefficient (Wildman–Crippen LogP) is 8.20. The molecule has 8 heteroatoms. The highest BCUT2D eigenvalue weighted by atomic mass is 32.1. The highest BCUT2D eigenvalue weighted by Crippen LogP contribution is 2.36. The van der Waals surface area contributed by atoms with Gasteiger partial charge in [-0.25, -0.2) is 0 Å². The van der Waals surface area contributed by atoms with E-state index in [-0.39, 0.29) is 5.75 Å². The Bertz CT molecular complexity index is 1460. The number of benzene rings is 4. The fourth-order valence-corrected chi connectivity index (χ4v) is 4.67. The van der Waals surface area contributed by atoms with Gasteiger partial charge in [-0.15, -0.1) is 10.2 Å². The highest BCUT2D eigenvalue weighted by molar-refractivity contribution is 7.18. The smallest absolute Gasteiger partial charge is 0.416 e. The number of alkyl halides is 3. The molecular formula is C29H21F3N3OS. The molecule has 0 amide bonds. The molecule has 0 saturated carbocycles. The molecule has 185 valence electrons. The van der Waals surface area contributed by atoms with Crippen molar-refractivity contribution in [2.45, 2.75) is 12.6 Å². The summed E-state index contributed by atoms with van der Waals surface area (Å²) in [6.45, 7) is 0.704. The van der Waals surface area contributed by atoms with Crippen molar-refractivity contribution >= 4 is 22.2 Å². The Morgan fingerprint density at radius 3 is 2.38 bits per heavy atom. The minimum Gasteiger partial charge on any atom is -0.457 e. The molecule has 5 aromatic rings. The van der Waals surface area contributed by atoms with E-state index in [4.69, 9.17) is 4.74 Å². The Balaban J connectivity index is 1.38. The zero-order valence-corrected chi connectivity index (χ0v) is 20.3. The lowest BCUT2D eigenvalue weighted by molar-refractivity contribution is -0.137. The summed E-state index contributed by atoms with van der Waals surface area (Å²) in [6, 6.07) is 32.9. The van der Waals surface area contributed by atoms with Crippen molar-refractivity contribution in [3.63, 3.8) is 0 Å². The van der Waals surface area contributed by atoms with E-state index in [2.05, 4.69) is 33.3 Å². The SMILES string of the molecule is FC(F)(F)c1cccc(Oc2cccc(-c3nnc(N(CCc4ccccc4)c4c[c]ccc4)s3)c2)c1. The molecule has 1 aromatic heterocycles. The van der Waals surface area contributed by atoms with Crippen molar-refractivity contribution in [3.8, 4) is 22.1 Å². The summed E-state index contributed by atoms with van der Waals surface area (Å²) in [4.78, 5) is 2.10. The number of ether oxygens (including phenoxy) is 1.